The van der Waals surface area contributed by atoms with Crippen molar-refractivity contribution in [2.24, 2.45) is 5.14 Å². The Hall–Kier alpha value is -2.72. The summed E-state index contributed by atoms with van der Waals surface area (Å²) in [6.45, 7) is -1.15. The molecule has 0 amide bonds. The van der Waals surface area contributed by atoms with Crippen LogP contribution < -0.4 is 5.14 Å². The van der Waals surface area contributed by atoms with E-state index < -0.39 is 39.0 Å². The molecular formula is C16H10F4N2O3S. The molecular weight excluding hydrogens is 376 g/mol. The number of halogens is 4. The minimum Gasteiger partial charge on any atom is -0.357 e. The molecule has 26 heavy (non-hydrogen) atoms. The lowest BCUT2D eigenvalue weighted by atomic mass is 9.99. The lowest BCUT2D eigenvalue weighted by molar-refractivity contribution is 0.332. The fourth-order valence-electron chi connectivity index (χ4n) is 2.52. The Balaban J connectivity index is 2.26. The lowest BCUT2D eigenvalue weighted by Gasteiger charge is -2.08. The Morgan fingerprint density at radius 3 is 2.23 bits per heavy atom. The third-order valence-corrected chi connectivity index (χ3v) is 4.51. The number of aromatic nitrogens is 1. The summed E-state index contributed by atoms with van der Waals surface area (Å²) >= 11 is 0. The van der Waals surface area contributed by atoms with Gasteiger partial charge in [0.05, 0.1) is 5.56 Å². The standard InChI is InChI=1S/C16H10F4N2O3S/c17-7-13-14(15(22-25-13)8-2-1-3-10(18)4-8)9-5-11(19)16(12(20)6-9)26(21,23)24/h1-6H,7H2,(H2,21,23,24). The average Bonchev–Trinajstić information content (AvgIpc) is 2.96. The van der Waals surface area contributed by atoms with E-state index in [1.807, 2.05) is 0 Å². The second kappa shape index (κ2) is 6.54. The summed E-state index contributed by atoms with van der Waals surface area (Å²) in [5, 5.41) is 8.42. The minimum atomic E-state index is -4.65. The molecule has 3 aromatic rings. The van der Waals surface area contributed by atoms with Gasteiger partial charge in [-0.3, -0.25) is 0 Å². The van der Waals surface area contributed by atoms with E-state index in [4.69, 9.17) is 9.66 Å². The molecule has 10 heteroatoms. The van der Waals surface area contributed by atoms with Gasteiger partial charge in [0.1, 0.15) is 23.1 Å². The lowest BCUT2D eigenvalue weighted by Crippen LogP contribution is -2.16. The number of sulfonamides is 1. The fourth-order valence-corrected chi connectivity index (χ4v) is 3.18. The van der Waals surface area contributed by atoms with E-state index in [1.165, 1.54) is 18.2 Å². The van der Waals surface area contributed by atoms with Crippen LogP contribution >= 0.6 is 0 Å². The number of nitrogens with zero attached hydrogens (tertiary/aromatic N) is 1. The number of benzene rings is 2. The van der Waals surface area contributed by atoms with Crippen LogP contribution in [0.1, 0.15) is 5.76 Å². The molecule has 0 spiro atoms. The van der Waals surface area contributed by atoms with Crippen LogP contribution in [0.5, 0.6) is 0 Å². The second-order valence-corrected chi connectivity index (χ2v) is 6.79. The van der Waals surface area contributed by atoms with Gasteiger partial charge in [-0.15, -0.1) is 0 Å². The molecule has 0 bridgehead atoms. The van der Waals surface area contributed by atoms with Crippen molar-refractivity contribution in [1.29, 1.82) is 0 Å². The van der Waals surface area contributed by atoms with Crippen LogP contribution in [0.4, 0.5) is 17.6 Å². The zero-order valence-corrected chi connectivity index (χ0v) is 13.7. The molecule has 0 aliphatic heterocycles. The highest BCUT2D eigenvalue weighted by atomic mass is 32.2. The number of alkyl halides is 1. The molecule has 0 saturated heterocycles. The third-order valence-electron chi connectivity index (χ3n) is 3.55. The summed E-state index contributed by atoms with van der Waals surface area (Å²) in [5.74, 6) is -3.89. The minimum absolute atomic E-state index is 0.0562. The zero-order chi connectivity index (χ0) is 19.1. The van der Waals surface area contributed by atoms with Crippen LogP contribution in [0.2, 0.25) is 0 Å². The summed E-state index contributed by atoms with van der Waals surface area (Å²) in [6, 6.07) is 6.38. The van der Waals surface area contributed by atoms with Crippen molar-refractivity contribution in [3.63, 3.8) is 0 Å². The maximum Gasteiger partial charge on any atom is 0.243 e. The molecule has 0 aliphatic rings. The third kappa shape index (κ3) is 3.20. The predicted octanol–water partition coefficient (Wildman–Crippen LogP) is 3.54. The zero-order valence-electron chi connectivity index (χ0n) is 12.8. The van der Waals surface area contributed by atoms with Crippen molar-refractivity contribution in [3.8, 4) is 22.4 Å². The average molecular weight is 386 g/mol. The van der Waals surface area contributed by atoms with Gasteiger partial charge in [-0.1, -0.05) is 17.3 Å². The first kappa shape index (κ1) is 18.1. The number of primary sulfonamides is 1. The molecule has 0 aliphatic carbocycles. The highest BCUT2D eigenvalue weighted by Crippen LogP contribution is 2.37. The van der Waals surface area contributed by atoms with Crippen molar-refractivity contribution >= 4 is 10.0 Å². The topological polar surface area (TPSA) is 86.2 Å². The van der Waals surface area contributed by atoms with Crippen molar-refractivity contribution < 1.29 is 30.5 Å². The summed E-state index contributed by atoms with van der Waals surface area (Å²) in [5.41, 5.74) is -0.239. The van der Waals surface area contributed by atoms with Crippen LogP contribution in [0.3, 0.4) is 0 Å². The molecule has 0 saturated carbocycles. The Bertz CT molecular complexity index is 1070. The van der Waals surface area contributed by atoms with Gasteiger partial charge in [-0.2, -0.15) is 0 Å². The Labute approximate surface area is 145 Å². The van der Waals surface area contributed by atoms with E-state index in [2.05, 4.69) is 5.16 Å². The first-order valence-corrected chi connectivity index (χ1v) is 8.59. The van der Waals surface area contributed by atoms with Gasteiger partial charge in [-0.25, -0.2) is 31.1 Å². The Morgan fingerprint density at radius 2 is 1.69 bits per heavy atom. The SMILES string of the molecule is NS(=O)(=O)c1c(F)cc(-c2c(-c3cccc(F)c3)noc2CF)cc1F. The van der Waals surface area contributed by atoms with E-state index in [-0.39, 0.29) is 28.1 Å². The molecule has 0 fully saturated rings. The molecule has 2 N–H and O–H groups in total. The van der Waals surface area contributed by atoms with Gasteiger partial charge in [0.15, 0.2) is 17.3 Å². The molecule has 136 valence electrons. The van der Waals surface area contributed by atoms with E-state index in [0.717, 1.165) is 6.07 Å². The van der Waals surface area contributed by atoms with E-state index >= 15 is 0 Å². The van der Waals surface area contributed by atoms with Crippen molar-refractivity contribution in [2.75, 3.05) is 0 Å². The molecule has 0 unspecified atom stereocenters. The van der Waals surface area contributed by atoms with Crippen molar-refractivity contribution in [3.05, 3.63) is 59.6 Å². The van der Waals surface area contributed by atoms with Gasteiger partial charge >= 0.3 is 0 Å². The maximum absolute atomic E-state index is 14.1. The van der Waals surface area contributed by atoms with Crippen molar-refractivity contribution in [1.82, 2.24) is 5.16 Å². The molecule has 0 atom stereocenters. The van der Waals surface area contributed by atoms with Gasteiger partial charge in [-0.05, 0) is 29.8 Å². The molecule has 3 rings (SSSR count). The Kier molecular flexibility index (Phi) is 4.55. The van der Waals surface area contributed by atoms with Crippen molar-refractivity contribution in [2.45, 2.75) is 11.6 Å². The van der Waals surface area contributed by atoms with Crippen LogP contribution in [0.25, 0.3) is 22.4 Å². The summed E-state index contributed by atoms with van der Waals surface area (Å²) in [4.78, 5) is -1.31. The van der Waals surface area contributed by atoms with Crippen LogP contribution in [-0.4, -0.2) is 13.6 Å². The predicted molar refractivity (Wildman–Crippen MR) is 83.4 cm³/mol. The maximum atomic E-state index is 14.1. The monoisotopic (exact) mass is 386 g/mol. The van der Waals surface area contributed by atoms with Crippen LogP contribution in [0, 0.1) is 17.5 Å². The summed E-state index contributed by atoms with van der Waals surface area (Å²) in [6.07, 6.45) is 0. The van der Waals surface area contributed by atoms with Crippen LogP contribution in [-0.2, 0) is 16.7 Å². The molecule has 1 heterocycles. The second-order valence-electron chi connectivity index (χ2n) is 5.29. The van der Waals surface area contributed by atoms with Gasteiger partial charge in [0.2, 0.25) is 10.0 Å². The van der Waals surface area contributed by atoms with Gasteiger partial charge < -0.3 is 4.52 Å². The smallest absolute Gasteiger partial charge is 0.243 e. The van der Waals surface area contributed by atoms with E-state index in [0.29, 0.717) is 12.1 Å². The fraction of sp³-hybridized carbons (Fsp3) is 0.0625. The Morgan fingerprint density at radius 1 is 1.04 bits per heavy atom. The number of nitrogens with two attached hydrogens (primary N) is 1. The summed E-state index contributed by atoms with van der Waals surface area (Å²) < 4.78 is 82.4. The number of hydrogen-bond acceptors (Lipinski definition) is 4. The first-order chi connectivity index (χ1) is 12.2. The molecule has 2 aromatic carbocycles. The molecule has 1 aromatic heterocycles. The number of rotatable bonds is 4. The summed E-state index contributed by atoms with van der Waals surface area (Å²) in [7, 11) is -4.65. The van der Waals surface area contributed by atoms with Crippen LogP contribution in [0.15, 0.2) is 45.8 Å². The molecule has 0 radical (unpaired) electrons. The van der Waals surface area contributed by atoms with E-state index in [1.54, 1.807) is 0 Å². The van der Waals surface area contributed by atoms with Gasteiger partial charge in [0, 0.05) is 5.56 Å². The van der Waals surface area contributed by atoms with E-state index in [9.17, 15) is 26.0 Å². The largest absolute Gasteiger partial charge is 0.357 e. The highest BCUT2D eigenvalue weighted by Gasteiger charge is 2.25. The first-order valence-electron chi connectivity index (χ1n) is 7.05. The molecule has 5 nitrogen and oxygen atoms in total. The quantitative estimate of drug-likeness (QED) is 0.695. The van der Waals surface area contributed by atoms with Gasteiger partial charge in [0.25, 0.3) is 0 Å². The normalized spacial score (nSPS) is 11.7. The number of hydrogen-bond donors (Lipinski definition) is 1. The highest BCUT2D eigenvalue weighted by molar-refractivity contribution is 7.89.